The minimum Gasteiger partial charge on any atom is -0.483 e. The smallest absolute Gasteiger partial charge is 0.344 e. The molecule has 0 bridgehead atoms. The van der Waals surface area contributed by atoms with E-state index in [1.165, 1.54) is 0 Å². The summed E-state index contributed by atoms with van der Waals surface area (Å²) in [6.45, 7) is 0. The third-order valence-corrected chi connectivity index (χ3v) is 4.37. The van der Waals surface area contributed by atoms with Crippen LogP contribution in [0, 0.1) is 0 Å². The molecule has 1 atom stereocenters. The summed E-state index contributed by atoms with van der Waals surface area (Å²) in [5, 5.41) is 2.29. The third kappa shape index (κ3) is 2.50. The Balaban J connectivity index is 1.77. The second kappa shape index (κ2) is 5.54. The normalized spacial score (nSPS) is 18.4. The minimum absolute atomic E-state index is 0.149. The van der Waals surface area contributed by atoms with Crippen LogP contribution in [0.2, 0.25) is 0 Å². The molecule has 4 heteroatoms. The van der Waals surface area contributed by atoms with Crippen molar-refractivity contribution in [2.24, 2.45) is 0 Å². The summed E-state index contributed by atoms with van der Waals surface area (Å²) < 4.78 is 11.2. The van der Waals surface area contributed by atoms with Gasteiger partial charge >= 0.3 is 5.63 Å². The van der Waals surface area contributed by atoms with Crippen LogP contribution in [0.3, 0.4) is 0 Å². The van der Waals surface area contributed by atoms with Crippen molar-refractivity contribution >= 4 is 27.5 Å². The number of Topliss-reactive ketones (excluding diaryl/α,β-unsaturated/α-hetero) is 1. The Labute approximate surface area is 132 Å². The molecular formula is C19H16O4. The van der Waals surface area contributed by atoms with Crippen molar-refractivity contribution in [2.45, 2.75) is 31.8 Å². The Bertz CT molecular complexity index is 954. The van der Waals surface area contributed by atoms with Crippen molar-refractivity contribution in [3.05, 3.63) is 52.9 Å². The second-order valence-electron chi connectivity index (χ2n) is 5.91. The lowest BCUT2D eigenvalue weighted by Gasteiger charge is -2.21. The maximum Gasteiger partial charge on any atom is 0.344 e. The summed E-state index contributed by atoms with van der Waals surface area (Å²) >= 11 is 0. The van der Waals surface area contributed by atoms with E-state index in [-0.39, 0.29) is 17.5 Å². The number of carbonyl (C=O) groups excluding carboxylic acids is 1. The number of rotatable bonds is 2. The van der Waals surface area contributed by atoms with Gasteiger partial charge in [-0.25, -0.2) is 4.79 Å². The SMILES string of the molecule is O=C1CCCC[C@@H]1Oc1ccc2c(c1)oc(=O)c1ccccc12. The van der Waals surface area contributed by atoms with E-state index in [9.17, 15) is 9.59 Å². The highest BCUT2D eigenvalue weighted by Gasteiger charge is 2.24. The van der Waals surface area contributed by atoms with Crippen molar-refractivity contribution < 1.29 is 13.9 Å². The van der Waals surface area contributed by atoms with Crippen molar-refractivity contribution in [3.63, 3.8) is 0 Å². The average molecular weight is 308 g/mol. The highest BCUT2D eigenvalue weighted by Crippen LogP contribution is 2.28. The molecule has 2 aromatic carbocycles. The van der Waals surface area contributed by atoms with Gasteiger partial charge < -0.3 is 9.15 Å². The van der Waals surface area contributed by atoms with Crippen LogP contribution in [0.15, 0.2) is 51.7 Å². The van der Waals surface area contributed by atoms with Gasteiger partial charge in [-0.15, -0.1) is 0 Å². The first kappa shape index (κ1) is 14.0. The molecule has 1 aliphatic rings. The van der Waals surface area contributed by atoms with E-state index in [2.05, 4.69) is 0 Å². The molecular weight excluding hydrogens is 292 g/mol. The van der Waals surface area contributed by atoms with Gasteiger partial charge in [0.2, 0.25) is 0 Å². The van der Waals surface area contributed by atoms with E-state index in [0.717, 1.165) is 30.0 Å². The van der Waals surface area contributed by atoms with Crippen LogP contribution >= 0.6 is 0 Å². The quantitative estimate of drug-likeness (QED) is 0.533. The van der Waals surface area contributed by atoms with Gasteiger partial charge in [0.25, 0.3) is 0 Å². The molecule has 4 rings (SSSR count). The van der Waals surface area contributed by atoms with Crippen LogP contribution in [0.25, 0.3) is 21.7 Å². The van der Waals surface area contributed by atoms with Crippen LogP contribution in [-0.4, -0.2) is 11.9 Å². The highest BCUT2D eigenvalue weighted by molar-refractivity contribution is 6.04. The molecule has 0 unspecified atom stereocenters. The van der Waals surface area contributed by atoms with Gasteiger partial charge in [-0.1, -0.05) is 18.2 Å². The van der Waals surface area contributed by atoms with Crippen LogP contribution < -0.4 is 10.4 Å². The number of fused-ring (bicyclic) bond motifs is 3. The van der Waals surface area contributed by atoms with Gasteiger partial charge in [-0.3, -0.25) is 4.79 Å². The van der Waals surface area contributed by atoms with Crippen molar-refractivity contribution in [3.8, 4) is 5.75 Å². The van der Waals surface area contributed by atoms with Gasteiger partial charge in [0, 0.05) is 17.9 Å². The molecule has 1 aliphatic carbocycles. The lowest BCUT2D eigenvalue weighted by molar-refractivity contribution is -0.127. The molecule has 1 aromatic heterocycles. The van der Waals surface area contributed by atoms with Crippen LogP contribution in [0.4, 0.5) is 0 Å². The largest absolute Gasteiger partial charge is 0.483 e. The summed E-state index contributed by atoms with van der Waals surface area (Å²) in [6.07, 6.45) is 2.89. The molecule has 1 saturated carbocycles. The molecule has 0 aliphatic heterocycles. The standard InChI is InChI=1S/C19H16O4/c20-16-7-3-4-8-17(16)22-12-9-10-14-13-5-1-2-6-15(13)19(21)23-18(14)11-12/h1-2,5-6,9-11,17H,3-4,7-8H2/t17-/m0/s1. The van der Waals surface area contributed by atoms with Crippen molar-refractivity contribution in [1.82, 2.24) is 0 Å². The molecule has 23 heavy (non-hydrogen) atoms. The molecule has 116 valence electrons. The Morgan fingerprint density at radius 2 is 1.78 bits per heavy atom. The fourth-order valence-corrected chi connectivity index (χ4v) is 3.17. The van der Waals surface area contributed by atoms with E-state index in [1.807, 2.05) is 30.3 Å². The Morgan fingerprint density at radius 1 is 0.957 bits per heavy atom. The number of ether oxygens (including phenoxy) is 1. The molecule has 1 heterocycles. The summed E-state index contributed by atoms with van der Waals surface area (Å²) in [5.41, 5.74) is 0.119. The predicted octanol–water partition coefficient (Wildman–Crippen LogP) is 3.84. The molecule has 1 fully saturated rings. The average Bonchev–Trinajstić information content (AvgIpc) is 2.57. The molecule has 0 radical (unpaired) electrons. The van der Waals surface area contributed by atoms with Crippen LogP contribution in [0.5, 0.6) is 5.75 Å². The maximum atomic E-state index is 12.1. The Hall–Kier alpha value is -2.62. The second-order valence-corrected chi connectivity index (χ2v) is 5.91. The molecule has 0 amide bonds. The third-order valence-electron chi connectivity index (χ3n) is 4.37. The predicted molar refractivity (Wildman–Crippen MR) is 87.9 cm³/mol. The molecule has 3 aromatic rings. The van der Waals surface area contributed by atoms with Crippen LogP contribution in [-0.2, 0) is 4.79 Å². The number of ketones is 1. The van der Waals surface area contributed by atoms with E-state index in [4.69, 9.17) is 9.15 Å². The van der Waals surface area contributed by atoms with Gasteiger partial charge in [-0.05, 0) is 42.8 Å². The summed E-state index contributed by atoms with van der Waals surface area (Å²) in [7, 11) is 0. The van der Waals surface area contributed by atoms with Gasteiger partial charge in [-0.2, -0.15) is 0 Å². The van der Waals surface area contributed by atoms with Crippen molar-refractivity contribution in [1.29, 1.82) is 0 Å². The van der Waals surface area contributed by atoms with E-state index in [1.54, 1.807) is 12.1 Å². The zero-order chi connectivity index (χ0) is 15.8. The van der Waals surface area contributed by atoms with Crippen LogP contribution in [0.1, 0.15) is 25.7 Å². The monoisotopic (exact) mass is 308 g/mol. The van der Waals surface area contributed by atoms with Gasteiger partial charge in [0.1, 0.15) is 11.3 Å². The highest BCUT2D eigenvalue weighted by atomic mass is 16.5. The fraction of sp³-hybridized carbons (Fsp3) is 0.263. The zero-order valence-corrected chi connectivity index (χ0v) is 12.6. The lowest BCUT2D eigenvalue weighted by atomic mass is 9.96. The van der Waals surface area contributed by atoms with E-state index >= 15 is 0 Å². The van der Waals surface area contributed by atoms with Gasteiger partial charge in [0.05, 0.1) is 5.39 Å². The molecule has 0 spiro atoms. The topological polar surface area (TPSA) is 56.5 Å². The number of hydrogen-bond acceptors (Lipinski definition) is 4. The first-order chi connectivity index (χ1) is 11.2. The number of carbonyl (C=O) groups is 1. The minimum atomic E-state index is -0.381. The zero-order valence-electron chi connectivity index (χ0n) is 12.6. The molecule has 0 N–H and O–H groups in total. The maximum absolute atomic E-state index is 12.1. The Morgan fingerprint density at radius 3 is 2.61 bits per heavy atom. The van der Waals surface area contributed by atoms with E-state index < -0.39 is 0 Å². The van der Waals surface area contributed by atoms with Gasteiger partial charge in [0.15, 0.2) is 11.9 Å². The summed E-state index contributed by atoms with van der Waals surface area (Å²) in [4.78, 5) is 24.0. The Kier molecular flexibility index (Phi) is 3.37. The molecule has 0 saturated heterocycles. The van der Waals surface area contributed by atoms with E-state index in [0.29, 0.717) is 23.1 Å². The first-order valence-corrected chi connectivity index (χ1v) is 7.87. The number of benzene rings is 2. The first-order valence-electron chi connectivity index (χ1n) is 7.87. The molecule has 4 nitrogen and oxygen atoms in total. The van der Waals surface area contributed by atoms with Crippen molar-refractivity contribution in [2.75, 3.05) is 0 Å². The fourth-order valence-electron chi connectivity index (χ4n) is 3.17. The summed E-state index contributed by atoms with van der Waals surface area (Å²) in [6, 6.07) is 12.8. The number of hydrogen-bond donors (Lipinski definition) is 0. The lowest BCUT2D eigenvalue weighted by Crippen LogP contribution is -2.30. The summed E-state index contributed by atoms with van der Waals surface area (Å²) in [5.74, 6) is 0.715.